The van der Waals surface area contributed by atoms with Gasteiger partial charge in [-0.3, -0.25) is 4.98 Å². The second-order valence-electron chi connectivity index (χ2n) is 6.02. The third-order valence-corrected chi connectivity index (χ3v) is 3.89. The standard InChI is InChI=1S/C13H17BF3NO2/c1-8-6-9(7-18-10(8)13(15,16)17)14-19-11(2,3)12(4,5)20-14/h6-7H,1-5H3. The molecule has 0 saturated carbocycles. The smallest absolute Gasteiger partial charge is 0.399 e. The van der Waals surface area contributed by atoms with Gasteiger partial charge in [0.1, 0.15) is 5.69 Å². The summed E-state index contributed by atoms with van der Waals surface area (Å²) in [5.74, 6) is 0. The Morgan fingerprint density at radius 1 is 1.10 bits per heavy atom. The van der Waals surface area contributed by atoms with Crippen molar-refractivity contribution in [3.05, 3.63) is 23.5 Å². The molecule has 7 heteroatoms. The number of aryl methyl sites for hydroxylation is 1. The molecule has 3 nitrogen and oxygen atoms in total. The quantitative estimate of drug-likeness (QED) is 0.744. The zero-order valence-corrected chi connectivity index (χ0v) is 12.1. The molecule has 2 rings (SSSR count). The maximum Gasteiger partial charge on any atom is 0.496 e. The molecule has 20 heavy (non-hydrogen) atoms. The predicted molar refractivity (Wildman–Crippen MR) is 69.7 cm³/mol. The normalized spacial score (nSPS) is 21.3. The van der Waals surface area contributed by atoms with Crippen molar-refractivity contribution in [3.63, 3.8) is 0 Å². The summed E-state index contributed by atoms with van der Waals surface area (Å²) in [6.07, 6.45) is -3.28. The number of rotatable bonds is 1. The fourth-order valence-electron chi connectivity index (χ4n) is 2.00. The van der Waals surface area contributed by atoms with Gasteiger partial charge in [0.25, 0.3) is 0 Å². The van der Waals surface area contributed by atoms with Crippen LogP contribution in [0.1, 0.15) is 39.0 Å². The average molecular weight is 287 g/mol. The minimum absolute atomic E-state index is 0.0599. The van der Waals surface area contributed by atoms with E-state index in [0.717, 1.165) is 6.20 Å². The highest BCUT2D eigenvalue weighted by atomic mass is 19.4. The summed E-state index contributed by atoms with van der Waals surface area (Å²) < 4.78 is 49.6. The zero-order chi connectivity index (χ0) is 15.3. The molecule has 1 fully saturated rings. The van der Waals surface area contributed by atoms with E-state index in [0.29, 0.717) is 5.46 Å². The summed E-state index contributed by atoms with van der Waals surface area (Å²) in [4.78, 5) is 3.50. The molecule has 1 aromatic rings. The number of aromatic nitrogens is 1. The molecule has 0 bridgehead atoms. The van der Waals surface area contributed by atoms with Crippen molar-refractivity contribution in [2.45, 2.75) is 52.0 Å². The van der Waals surface area contributed by atoms with Gasteiger partial charge in [0.2, 0.25) is 0 Å². The van der Waals surface area contributed by atoms with Crippen LogP contribution >= 0.6 is 0 Å². The number of nitrogens with zero attached hydrogens (tertiary/aromatic N) is 1. The van der Waals surface area contributed by atoms with E-state index in [-0.39, 0.29) is 5.56 Å². The van der Waals surface area contributed by atoms with Gasteiger partial charge in [-0.05, 0) is 40.2 Å². The van der Waals surface area contributed by atoms with E-state index in [2.05, 4.69) is 4.98 Å². The molecule has 0 atom stereocenters. The molecule has 110 valence electrons. The lowest BCUT2D eigenvalue weighted by Crippen LogP contribution is -2.41. The van der Waals surface area contributed by atoms with Crippen LogP contribution < -0.4 is 5.46 Å². The minimum atomic E-state index is -4.45. The largest absolute Gasteiger partial charge is 0.496 e. The zero-order valence-electron chi connectivity index (χ0n) is 12.1. The molecule has 0 aromatic carbocycles. The summed E-state index contributed by atoms with van der Waals surface area (Å²) in [7, 11) is -0.700. The van der Waals surface area contributed by atoms with Gasteiger partial charge in [0.15, 0.2) is 0 Å². The van der Waals surface area contributed by atoms with Gasteiger partial charge in [0, 0.05) is 11.7 Å². The van der Waals surface area contributed by atoms with E-state index in [1.807, 2.05) is 27.7 Å². The van der Waals surface area contributed by atoms with Gasteiger partial charge in [-0.25, -0.2) is 0 Å². The fraction of sp³-hybridized carbons (Fsp3) is 0.615. The Morgan fingerprint density at radius 3 is 2.00 bits per heavy atom. The van der Waals surface area contributed by atoms with E-state index < -0.39 is 30.2 Å². The molecule has 0 N–H and O–H groups in total. The SMILES string of the molecule is Cc1cc(B2OC(C)(C)C(C)(C)O2)cnc1C(F)(F)F. The van der Waals surface area contributed by atoms with Crippen LogP contribution in [-0.4, -0.2) is 23.3 Å². The number of halogens is 3. The predicted octanol–water partition coefficient (Wildman–Crippen LogP) is 2.71. The molecule has 1 saturated heterocycles. The third kappa shape index (κ3) is 2.56. The lowest BCUT2D eigenvalue weighted by Gasteiger charge is -2.32. The highest BCUT2D eigenvalue weighted by Crippen LogP contribution is 2.36. The van der Waals surface area contributed by atoms with Crippen molar-refractivity contribution in [2.24, 2.45) is 0 Å². The molecular formula is C13H17BF3NO2. The third-order valence-electron chi connectivity index (χ3n) is 3.89. The van der Waals surface area contributed by atoms with Gasteiger partial charge >= 0.3 is 13.3 Å². The summed E-state index contributed by atoms with van der Waals surface area (Å²) in [6, 6.07) is 1.41. The Labute approximate surface area is 116 Å². The first kappa shape index (κ1) is 15.3. The Kier molecular flexibility index (Phi) is 3.42. The lowest BCUT2D eigenvalue weighted by atomic mass is 9.79. The van der Waals surface area contributed by atoms with Crippen molar-refractivity contribution in [1.29, 1.82) is 0 Å². The van der Waals surface area contributed by atoms with Gasteiger partial charge < -0.3 is 9.31 Å². The fourth-order valence-corrected chi connectivity index (χ4v) is 2.00. The van der Waals surface area contributed by atoms with E-state index in [1.165, 1.54) is 13.0 Å². The molecule has 0 radical (unpaired) electrons. The van der Waals surface area contributed by atoms with Crippen LogP contribution in [0.2, 0.25) is 0 Å². The maximum absolute atomic E-state index is 12.7. The van der Waals surface area contributed by atoms with E-state index in [4.69, 9.17) is 9.31 Å². The Morgan fingerprint density at radius 2 is 1.60 bits per heavy atom. The Balaban J connectivity index is 2.31. The molecule has 2 heterocycles. The van der Waals surface area contributed by atoms with Crippen LogP contribution in [-0.2, 0) is 15.5 Å². The second-order valence-corrected chi connectivity index (χ2v) is 6.02. The van der Waals surface area contributed by atoms with Crippen molar-refractivity contribution >= 4 is 12.6 Å². The van der Waals surface area contributed by atoms with E-state index in [1.54, 1.807) is 0 Å². The van der Waals surface area contributed by atoms with Crippen molar-refractivity contribution in [3.8, 4) is 0 Å². The molecule has 1 aliphatic heterocycles. The number of alkyl halides is 3. The summed E-state index contributed by atoms with van der Waals surface area (Å²) in [5.41, 5.74) is -1.39. The highest BCUT2D eigenvalue weighted by Gasteiger charge is 2.52. The van der Waals surface area contributed by atoms with Crippen LogP contribution in [0.5, 0.6) is 0 Å². The van der Waals surface area contributed by atoms with Crippen molar-refractivity contribution in [1.82, 2.24) is 4.98 Å². The lowest BCUT2D eigenvalue weighted by molar-refractivity contribution is -0.141. The highest BCUT2D eigenvalue weighted by molar-refractivity contribution is 6.62. The first-order chi connectivity index (χ1) is 8.94. The summed E-state index contributed by atoms with van der Waals surface area (Å²) in [6.45, 7) is 8.92. The Bertz CT molecular complexity index is 513. The average Bonchev–Trinajstić information content (AvgIpc) is 2.46. The topological polar surface area (TPSA) is 31.4 Å². The van der Waals surface area contributed by atoms with Gasteiger partial charge in [-0.15, -0.1) is 0 Å². The van der Waals surface area contributed by atoms with Crippen molar-refractivity contribution < 1.29 is 22.5 Å². The van der Waals surface area contributed by atoms with E-state index >= 15 is 0 Å². The molecule has 0 aliphatic carbocycles. The summed E-state index contributed by atoms with van der Waals surface area (Å²) in [5, 5.41) is 0. The first-order valence-electron chi connectivity index (χ1n) is 6.33. The van der Waals surface area contributed by atoms with Crippen LogP contribution in [0.4, 0.5) is 13.2 Å². The van der Waals surface area contributed by atoms with Crippen molar-refractivity contribution in [2.75, 3.05) is 0 Å². The Hall–Kier alpha value is -1.08. The second kappa shape index (κ2) is 4.46. The molecule has 0 spiro atoms. The van der Waals surface area contributed by atoms with Crippen LogP contribution in [0.25, 0.3) is 0 Å². The maximum atomic E-state index is 12.7. The first-order valence-corrected chi connectivity index (χ1v) is 6.33. The molecule has 0 unspecified atom stereocenters. The summed E-state index contributed by atoms with van der Waals surface area (Å²) >= 11 is 0. The van der Waals surface area contributed by atoms with Crippen LogP contribution in [0.3, 0.4) is 0 Å². The molecule has 0 amide bonds. The van der Waals surface area contributed by atoms with Crippen LogP contribution in [0.15, 0.2) is 12.3 Å². The van der Waals surface area contributed by atoms with Gasteiger partial charge in [-0.1, -0.05) is 6.07 Å². The monoisotopic (exact) mass is 287 g/mol. The number of hydrogen-bond donors (Lipinski definition) is 0. The van der Waals surface area contributed by atoms with Crippen LogP contribution in [0, 0.1) is 6.92 Å². The van der Waals surface area contributed by atoms with Gasteiger partial charge in [-0.2, -0.15) is 13.2 Å². The van der Waals surface area contributed by atoms with E-state index in [9.17, 15) is 13.2 Å². The molecular weight excluding hydrogens is 270 g/mol. The number of pyridine rings is 1. The molecule has 1 aliphatic rings. The number of hydrogen-bond acceptors (Lipinski definition) is 3. The molecule has 1 aromatic heterocycles. The minimum Gasteiger partial charge on any atom is -0.399 e. The van der Waals surface area contributed by atoms with Gasteiger partial charge in [0.05, 0.1) is 11.2 Å².